The van der Waals surface area contributed by atoms with E-state index < -0.39 is 23.1 Å². The number of benzene rings is 2. The van der Waals surface area contributed by atoms with Crippen LogP contribution in [0.5, 0.6) is 0 Å². The van der Waals surface area contributed by atoms with E-state index in [9.17, 15) is 9.59 Å². The summed E-state index contributed by atoms with van der Waals surface area (Å²) in [4.78, 5) is 25.8. The molecule has 0 aliphatic heterocycles. The number of esters is 2. The third kappa shape index (κ3) is 7.52. The maximum atomic E-state index is 12.9. The molecule has 4 N–H and O–H groups in total. The van der Waals surface area contributed by atoms with Gasteiger partial charge >= 0.3 is 11.9 Å². The van der Waals surface area contributed by atoms with Crippen molar-refractivity contribution in [1.29, 1.82) is 0 Å². The first-order chi connectivity index (χ1) is 20.8. The van der Waals surface area contributed by atoms with E-state index in [1.807, 2.05) is 76.2 Å². The van der Waals surface area contributed by atoms with Gasteiger partial charge in [0, 0.05) is 58.0 Å². The lowest BCUT2D eigenvalue weighted by atomic mass is 9.58. The number of carbonyl (C=O) groups is 2. The Morgan fingerprint density at radius 2 is 1.05 bits per heavy atom. The van der Waals surface area contributed by atoms with Gasteiger partial charge in [-0.15, -0.1) is 0 Å². The van der Waals surface area contributed by atoms with Crippen LogP contribution in [0, 0.1) is 0 Å². The molecule has 2 aliphatic carbocycles. The normalized spacial score (nSPS) is 21.2. The van der Waals surface area contributed by atoms with Crippen molar-refractivity contribution in [3.63, 3.8) is 0 Å². The zero-order valence-electron chi connectivity index (χ0n) is 26.5. The molecular formula is C36H48Cl2N2O4. The van der Waals surface area contributed by atoms with E-state index in [-0.39, 0.29) is 22.9 Å². The fourth-order valence-electron chi connectivity index (χ4n) is 6.95. The minimum Gasteiger partial charge on any atom is -0.456 e. The minimum absolute atomic E-state index is 0.163. The van der Waals surface area contributed by atoms with E-state index >= 15 is 0 Å². The first kappa shape index (κ1) is 34.5. The highest BCUT2D eigenvalue weighted by Crippen LogP contribution is 2.49. The fraction of sp³-hybridized carbons (Fsp3) is 0.556. The van der Waals surface area contributed by atoms with Crippen LogP contribution in [0.3, 0.4) is 0 Å². The molecule has 4 unspecified atom stereocenters. The van der Waals surface area contributed by atoms with Crippen LogP contribution in [-0.4, -0.2) is 35.2 Å². The number of nitrogens with two attached hydrogens (primary N) is 2. The summed E-state index contributed by atoms with van der Waals surface area (Å²) in [6, 6.07) is 15.4. The monoisotopic (exact) mass is 642 g/mol. The van der Waals surface area contributed by atoms with Gasteiger partial charge in [-0.05, 0) is 87.8 Å². The predicted molar refractivity (Wildman–Crippen MR) is 178 cm³/mol. The molecule has 8 heteroatoms. The van der Waals surface area contributed by atoms with E-state index in [0.29, 0.717) is 35.7 Å². The molecule has 0 spiro atoms. The van der Waals surface area contributed by atoms with E-state index in [4.69, 9.17) is 44.1 Å². The summed E-state index contributed by atoms with van der Waals surface area (Å²) in [5.74, 6) is -1.20. The van der Waals surface area contributed by atoms with Gasteiger partial charge in [-0.2, -0.15) is 0 Å². The third-order valence-corrected chi connectivity index (χ3v) is 11.1. The summed E-state index contributed by atoms with van der Waals surface area (Å²) in [5, 5.41) is 1.38. The first-order valence-corrected chi connectivity index (χ1v) is 16.7. The maximum absolute atomic E-state index is 12.9. The van der Waals surface area contributed by atoms with Crippen LogP contribution >= 0.6 is 23.2 Å². The van der Waals surface area contributed by atoms with Crippen LogP contribution in [0.2, 0.25) is 10.0 Å². The van der Waals surface area contributed by atoms with Crippen molar-refractivity contribution < 1.29 is 19.1 Å². The van der Waals surface area contributed by atoms with Gasteiger partial charge in [-0.1, -0.05) is 74.2 Å². The Morgan fingerprint density at radius 3 is 1.30 bits per heavy atom. The molecule has 240 valence electrons. The molecule has 0 amide bonds. The number of carbonyl (C=O) groups excluding carboxylic acids is 2. The second kappa shape index (κ2) is 13.9. The van der Waals surface area contributed by atoms with Crippen molar-refractivity contribution in [2.45, 2.75) is 126 Å². The van der Waals surface area contributed by atoms with Gasteiger partial charge < -0.3 is 20.9 Å². The summed E-state index contributed by atoms with van der Waals surface area (Å²) in [6.07, 6.45) is 10.6. The average molecular weight is 644 g/mol. The quantitative estimate of drug-likeness (QED) is 0.160. The van der Waals surface area contributed by atoms with Crippen molar-refractivity contribution in [3.8, 4) is 0 Å². The molecular weight excluding hydrogens is 595 g/mol. The summed E-state index contributed by atoms with van der Waals surface area (Å²) in [5.41, 5.74) is 14.1. The van der Waals surface area contributed by atoms with Crippen molar-refractivity contribution in [2.75, 3.05) is 0 Å². The molecule has 2 aromatic carbocycles. The lowest BCUT2D eigenvalue weighted by Gasteiger charge is -2.49. The molecule has 0 saturated heterocycles. The molecule has 4 atom stereocenters. The molecule has 2 aromatic rings. The summed E-state index contributed by atoms with van der Waals surface area (Å²) in [6.45, 7) is 7.75. The second-order valence-corrected chi connectivity index (χ2v) is 14.3. The topological polar surface area (TPSA) is 105 Å². The van der Waals surface area contributed by atoms with E-state index in [2.05, 4.69) is 0 Å². The second-order valence-electron chi connectivity index (χ2n) is 13.4. The van der Waals surface area contributed by atoms with Crippen LogP contribution in [0.15, 0.2) is 60.7 Å². The number of ether oxygens (including phenoxy) is 2. The predicted octanol–water partition coefficient (Wildman–Crippen LogP) is 7.95. The summed E-state index contributed by atoms with van der Waals surface area (Å²) >= 11 is 12.2. The summed E-state index contributed by atoms with van der Waals surface area (Å²) < 4.78 is 11.8. The first-order valence-electron chi connectivity index (χ1n) is 16.0. The number of hydrogen-bond acceptors (Lipinski definition) is 6. The number of rotatable bonds is 14. The van der Waals surface area contributed by atoms with Crippen molar-refractivity contribution in [2.24, 2.45) is 11.5 Å². The Bertz CT molecular complexity index is 1220. The van der Waals surface area contributed by atoms with E-state index in [0.717, 1.165) is 50.7 Å². The number of halogens is 2. The average Bonchev–Trinajstić information content (AvgIpc) is 2.92. The van der Waals surface area contributed by atoms with Crippen LogP contribution in [0.1, 0.15) is 103 Å². The van der Waals surface area contributed by atoms with Gasteiger partial charge in [0.1, 0.15) is 11.2 Å². The van der Waals surface area contributed by atoms with Crippen LogP contribution in [-0.2, 0) is 29.9 Å². The maximum Gasteiger partial charge on any atom is 0.331 e. The lowest BCUT2D eigenvalue weighted by molar-refractivity contribution is -0.157. The zero-order valence-corrected chi connectivity index (χ0v) is 28.1. The molecule has 44 heavy (non-hydrogen) atoms. The molecule has 0 heterocycles. The third-order valence-electron chi connectivity index (χ3n) is 10.6. The molecule has 0 bridgehead atoms. The van der Waals surface area contributed by atoms with Gasteiger partial charge in [0.15, 0.2) is 0 Å². The largest absolute Gasteiger partial charge is 0.456 e. The summed E-state index contributed by atoms with van der Waals surface area (Å²) in [7, 11) is 0. The standard InChI is InChI=1S/C36H48Cl2N2O4/c1-5-33(3,23-29(39)35(19-7-20-35)25-9-13-27(37)14-10-25)43-31(41)17-18-32(42)44-34(4,6-2)24-30(40)36(21-8-22-36)26-11-15-28(38)16-12-26/h9-18,29-30H,5-8,19-24,39-40H2,1-4H3/b18-17-. The van der Waals surface area contributed by atoms with Crippen molar-refractivity contribution in [1.82, 2.24) is 0 Å². The van der Waals surface area contributed by atoms with Crippen LogP contribution < -0.4 is 11.5 Å². The molecule has 2 fully saturated rings. The van der Waals surface area contributed by atoms with Crippen molar-refractivity contribution >= 4 is 35.1 Å². The Hall–Kier alpha value is -2.38. The fourth-order valence-corrected chi connectivity index (χ4v) is 7.21. The Kier molecular flexibility index (Phi) is 10.9. The Morgan fingerprint density at radius 1 is 0.727 bits per heavy atom. The van der Waals surface area contributed by atoms with Gasteiger partial charge in [0.05, 0.1) is 0 Å². The highest BCUT2D eigenvalue weighted by atomic mass is 35.5. The molecule has 4 rings (SSSR count). The number of hydrogen-bond donors (Lipinski definition) is 2. The SMILES string of the molecule is CCC(C)(CC(N)C1(c2ccc(Cl)cc2)CCC1)OC(=O)/C=C\C(=O)OC(C)(CC)CC(N)C1(c2ccc(Cl)cc2)CCC1. The molecule has 0 aromatic heterocycles. The Labute approximate surface area is 272 Å². The molecule has 2 aliphatic rings. The van der Waals surface area contributed by atoms with Gasteiger partial charge in [0.2, 0.25) is 0 Å². The highest BCUT2D eigenvalue weighted by Gasteiger charge is 2.48. The zero-order chi connectivity index (χ0) is 32.2. The van der Waals surface area contributed by atoms with E-state index in [1.165, 1.54) is 11.1 Å². The minimum atomic E-state index is -0.788. The molecule has 2 saturated carbocycles. The lowest BCUT2D eigenvalue weighted by Crippen LogP contribution is -2.54. The van der Waals surface area contributed by atoms with E-state index in [1.54, 1.807) is 0 Å². The molecule has 0 radical (unpaired) electrons. The van der Waals surface area contributed by atoms with Gasteiger partial charge in [-0.25, -0.2) is 9.59 Å². The van der Waals surface area contributed by atoms with Crippen LogP contribution in [0.4, 0.5) is 0 Å². The van der Waals surface area contributed by atoms with Gasteiger partial charge in [-0.3, -0.25) is 0 Å². The Balaban J connectivity index is 1.35. The highest BCUT2D eigenvalue weighted by molar-refractivity contribution is 6.30. The van der Waals surface area contributed by atoms with Crippen molar-refractivity contribution in [3.05, 3.63) is 81.9 Å². The smallest absolute Gasteiger partial charge is 0.331 e. The molecule has 6 nitrogen and oxygen atoms in total. The van der Waals surface area contributed by atoms with Gasteiger partial charge in [0.25, 0.3) is 0 Å². The van der Waals surface area contributed by atoms with Crippen LogP contribution in [0.25, 0.3) is 0 Å².